The molecule has 0 aliphatic carbocycles. The van der Waals surface area contributed by atoms with E-state index < -0.39 is 0 Å². The van der Waals surface area contributed by atoms with Crippen molar-refractivity contribution in [2.45, 2.75) is 18.7 Å². The molecule has 3 heteroatoms. The van der Waals surface area contributed by atoms with Gasteiger partial charge in [-0.25, -0.2) is 0 Å². The number of halogens is 3. The van der Waals surface area contributed by atoms with Gasteiger partial charge in [0.1, 0.15) is 0 Å². The molecule has 1 aromatic carbocycles. The molecule has 1 aromatic rings. The highest BCUT2D eigenvalue weighted by Gasteiger charge is 1.98. The summed E-state index contributed by atoms with van der Waals surface area (Å²) in [4.78, 5) is 0. The van der Waals surface area contributed by atoms with Gasteiger partial charge < -0.3 is 0 Å². The third kappa shape index (κ3) is 4.17. The molecular formula is C10H11BrClI. The summed E-state index contributed by atoms with van der Waals surface area (Å²) in [5, 5.41) is 1.06. The molecule has 1 rings (SSSR count). The molecule has 0 N–H and O–H groups in total. The summed E-state index contributed by atoms with van der Waals surface area (Å²) in [6.07, 6.45) is 2.31. The van der Waals surface area contributed by atoms with Gasteiger partial charge in [0.05, 0.1) is 0 Å². The first-order valence-electron chi connectivity index (χ1n) is 4.16. The van der Waals surface area contributed by atoms with Crippen LogP contribution in [0, 0.1) is 3.57 Å². The molecule has 0 amide bonds. The summed E-state index contributed by atoms with van der Waals surface area (Å²) >= 11 is 11.6. The van der Waals surface area contributed by atoms with Gasteiger partial charge in [0, 0.05) is 14.8 Å². The zero-order valence-electron chi connectivity index (χ0n) is 7.19. The Morgan fingerprint density at radius 2 is 1.92 bits per heavy atom. The lowest BCUT2D eigenvalue weighted by molar-refractivity contribution is 0.936. The molecule has 0 aliphatic rings. The first kappa shape index (κ1) is 11.8. The molecule has 0 atom stereocenters. The molecular weight excluding hydrogens is 362 g/mol. The largest absolute Gasteiger partial charge is 0.122 e. The van der Waals surface area contributed by atoms with Gasteiger partial charge in [0.25, 0.3) is 0 Å². The lowest BCUT2D eigenvalue weighted by Crippen LogP contribution is -1.90. The predicted octanol–water partition coefficient (Wildman–Crippen LogP) is 4.36. The predicted molar refractivity (Wildman–Crippen MR) is 70.8 cm³/mol. The van der Waals surface area contributed by atoms with E-state index in [4.69, 9.17) is 11.6 Å². The molecule has 0 spiro atoms. The van der Waals surface area contributed by atoms with E-state index in [0.29, 0.717) is 5.88 Å². The van der Waals surface area contributed by atoms with Gasteiger partial charge in [-0.2, -0.15) is 0 Å². The van der Waals surface area contributed by atoms with Gasteiger partial charge in [-0.1, -0.05) is 22.0 Å². The highest BCUT2D eigenvalue weighted by atomic mass is 127. The second-order valence-corrected chi connectivity index (χ2v) is 5.20. The third-order valence-electron chi connectivity index (χ3n) is 1.77. The summed E-state index contributed by atoms with van der Waals surface area (Å²) in [5.41, 5.74) is 2.61. The standard InChI is InChI=1S/C10H11BrClI/c11-3-1-2-8-4-9(7-12)6-10(13)5-8/h4-6H,1-3,7H2. The topological polar surface area (TPSA) is 0 Å². The van der Waals surface area contributed by atoms with E-state index in [1.54, 1.807) is 0 Å². The van der Waals surface area contributed by atoms with Crippen molar-refractivity contribution in [2.75, 3.05) is 5.33 Å². The lowest BCUT2D eigenvalue weighted by atomic mass is 10.1. The average molecular weight is 373 g/mol. The van der Waals surface area contributed by atoms with Gasteiger partial charge in [0.15, 0.2) is 0 Å². The Morgan fingerprint density at radius 3 is 2.54 bits per heavy atom. The van der Waals surface area contributed by atoms with Crippen molar-refractivity contribution >= 4 is 50.1 Å². The molecule has 0 bridgehead atoms. The second kappa shape index (κ2) is 6.25. The smallest absolute Gasteiger partial charge is 0.0474 e. The van der Waals surface area contributed by atoms with Gasteiger partial charge >= 0.3 is 0 Å². The van der Waals surface area contributed by atoms with E-state index in [0.717, 1.165) is 11.8 Å². The van der Waals surface area contributed by atoms with Crippen LogP contribution in [0.25, 0.3) is 0 Å². The van der Waals surface area contributed by atoms with Crippen LogP contribution in [0.4, 0.5) is 0 Å². The number of aryl methyl sites for hydroxylation is 1. The molecule has 13 heavy (non-hydrogen) atoms. The van der Waals surface area contributed by atoms with Crippen LogP contribution in [0.3, 0.4) is 0 Å². The molecule has 0 aliphatic heterocycles. The van der Waals surface area contributed by atoms with E-state index >= 15 is 0 Å². The first-order valence-corrected chi connectivity index (χ1v) is 6.90. The second-order valence-electron chi connectivity index (χ2n) is 2.89. The molecule has 0 saturated heterocycles. The van der Waals surface area contributed by atoms with Crippen LogP contribution in [-0.4, -0.2) is 5.33 Å². The molecule has 0 saturated carbocycles. The van der Waals surface area contributed by atoms with Crippen molar-refractivity contribution in [3.05, 3.63) is 32.9 Å². The van der Waals surface area contributed by atoms with E-state index in [9.17, 15) is 0 Å². The number of alkyl halides is 2. The van der Waals surface area contributed by atoms with Crippen molar-refractivity contribution in [1.29, 1.82) is 0 Å². The number of hydrogen-bond donors (Lipinski definition) is 0. The van der Waals surface area contributed by atoms with E-state index in [2.05, 4.69) is 56.7 Å². The molecule has 0 heterocycles. The van der Waals surface area contributed by atoms with Gasteiger partial charge in [-0.3, -0.25) is 0 Å². The Morgan fingerprint density at radius 1 is 1.23 bits per heavy atom. The maximum absolute atomic E-state index is 5.79. The van der Waals surface area contributed by atoms with Gasteiger partial charge in [-0.05, 0) is 58.7 Å². The van der Waals surface area contributed by atoms with Crippen LogP contribution in [0.5, 0.6) is 0 Å². The summed E-state index contributed by atoms with van der Waals surface area (Å²) in [5.74, 6) is 0.609. The normalized spacial score (nSPS) is 10.4. The van der Waals surface area contributed by atoms with Crippen molar-refractivity contribution in [3.63, 3.8) is 0 Å². The maximum Gasteiger partial charge on any atom is 0.0474 e. The molecule has 0 unspecified atom stereocenters. The number of hydrogen-bond acceptors (Lipinski definition) is 0. The van der Waals surface area contributed by atoms with Crippen LogP contribution in [0.15, 0.2) is 18.2 Å². The zero-order chi connectivity index (χ0) is 9.68. The van der Waals surface area contributed by atoms with Crippen LogP contribution in [0.1, 0.15) is 17.5 Å². The highest BCUT2D eigenvalue weighted by Crippen LogP contribution is 2.15. The minimum atomic E-state index is 0.609. The Kier molecular flexibility index (Phi) is 5.67. The third-order valence-corrected chi connectivity index (χ3v) is 3.26. The summed E-state index contributed by atoms with van der Waals surface area (Å²) < 4.78 is 1.28. The lowest BCUT2D eigenvalue weighted by Gasteiger charge is -2.03. The fourth-order valence-electron chi connectivity index (χ4n) is 1.21. The van der Waals surface area contributed by atoms with Crippen LogP contribution >= 0.6 is 50.1 Å². The SMILES string of the molecule is ClCc1cc(I)cc(CCCBr)c1. The average Bonchev–Trinajstić information content (AvgIpc) is 2.14. The number of benzene rings is 1. The number of rotatable bonds is 4. The molecule has 0 fully saturated rings. The van der Waals surface area contributed by atoms with Gasteiger partial charge in [0.2, 0.25) is 0 Å². The summed E-state index contributed by atoms with van der Waals surface area (Å²) in [7, 11) is 0. The highest BCUT2D eigenvalue weighted by molar-refractivity contribution is 14.1. The molecule has 0 radical (unpaired) electrons. The fraction of sp³-hybridized carbons (Fsp3) is 0.400. The first-order chi connectivity index (χ1) is 6.26. The zero-order valence-corrected chi connectivity index (χ0v) is 11.7. The molecule has 0 aromatic heterocycles. The van der Waals surface area contributed by atoms with E-state index in [-0.39, 0.29) is 0 Å². The van der Waals surface area contributed by atoms with Crippen molar-refractivity contribution in [1.82, 2.24) is 0 Å². The maximum atomic E-state index is 5.79. The molecule has 0 nitrogen and oxygen atoms in total. The Labute approximate surface area is 106 Å². The molecule has 72 valence electrons. The monoisotopic (exact) mass is 372 g/mol. The fourth-order valence-corrected chi connectivity index (χ4v) is 2.44. The van der Waals surface area contributed by atoms with Crippen molar-refractivity contribution in [2.24, 2.45) is 0 Å². The van der Waals surface area contributed by atoms with E-state index in [1.165, 1.54) is 21.1 Å². The Balaban J connectivity index is 2.76. The Hall–Kier alpha value is 0.720. The quantitative estimate of drug-likeness (QED) is 0.544. The van der Waals surface area contributed by atoms with Crippen LogP contribution in [0.2, 0.25) is 0 Å². The van der Waals surface area contributed by atoms with E-state index in [1.807, 2.05) is 0 Å². The van der Waals surface area contributed by atoms with Crippen LogP contribution < -0.4 is 0 Å². The van der Waals surface area contributed by atoms with Crippen molar-refractivity contribution < 1.29 is 0 Å². The summed E-state index contributed by atoms with van der Waals surface area (Å²) in [6.45, 7) is 0. The minimum Gasteiger partial charge on any atom is -0.122 e. The van der Waals surface area contributed by atoms with Crippen molar-refractivity contribution in [3.8, 4) is 0 Å². The minimum absolute atomic E-state index is 0.609. The van der Waals surface area contributed by atoms with Gasteiger partial charge in [-0.15, -0.1) is 11.6 Å². The van der Waals surface area contributed by atoms with Crippen LogP contribution in [-0.2, 0) is 12.3 Å². The Bertz CT molecular complexity index is 276. The summed E-state index contributed by atoms with van der Waals surface area (Å²) in [6, 6.07) is 6.54.